The molecule has 0 aliphatic rings. The van der Waals surface area contributed by atoms with Gasteiger partial charge in [0.25, 0.3) is 0 Å². The molecule has 0 fully saturated rings. The maximum atomic E-state index is 5.45. The van der Waals surface area contributed by atoms with Gasteiger partial charge in [-0.25, -0.2) is 0 Å². The Morgan fingerprint density at radius 2 is 0.955 bits per heavy atom. The highest BCUT2D eigenvalue weighted by atomic mass is 32.2. The van der Waals surface area contributed by atoms with E-state index in [9.17, 15) is 0 Å². The third-order valence-electron chi connectivity index (χ3n) is 8.05. The van der Waals surface area contributed by atoms with Crippen LogP contribution in [0.15, 0.2) is 120 Å². The quantitative estimate of drug-likeness (QED) is 0.117. The summed E-state index contributed by atoms with van der Waals surface area (Å²) in [5.74, 6) is 15.9. The first-order chi connectivity index (χ1) is 21.7. The highest BCUT2D eigenvalue weighted by molar-refractivity contribution is 7.98. The fourth-order valence-corrected chi connectivity index (χ4v) is 6.25. The summed E-state index contributed by atoms with van der Waals surface area (Å²) >= 11 is 1.73. The van der Waals surface area contributed by atoms with Crippen LogP contribution in [0.4, 0.5) is 0 Å². The van der Waals surface area contributed by atoms with E-state index in [-0.39, 0.29) is 0 Å². The second kappa shape index (κ2) is 11.7. The molecule has 0 saturated carbocycles. The monoisotopic (exact) mass is 584 g/mol. The van der Waals surface area contributed by atoms with E-state index in [1.54, 1.807) is 26.0 Å². The molecule has 2 nitrogen and oxygen atoms in total. The maximum absolute atomic E-state index is 5.45. The Labute approximate surface area is 261 Å². The van der Waals surface area contributed by atoms with Crippen LogP contribution >= 0.6 is 11.8 Å². The zero-order valence-corrected chi connectivity index (χ0v) is 25.5. The first-order valence-electron chi connectivity index (χ1n) is 14.4. The zero-order valence-electron chi connectivity index (χ0n) is 24.7. The molecule has 3 heteroatoms. The van der Waals surface area contributed by atoms with Crippen LogP contribution in [0.1, 0.15) is 22.3 Å². The summed E-state index contributed by atoms with van der Waals surface area (Å²) in [7, 11) is 3.38. The summed E-state index contributed by atoms with van der Waals surface area (Å²) in [6.07, 6.45) is 2.11. The van der Waals surface area contributed by atoms with Crippen molar-refractivity contribution in [1.29, 1.82) is 0 Å². The number of ether oxygens (including phenoxy) is 2. The van der Waals surface area contributed by atoms with E-state index in [0.717, 1.165) is 76.8 Å². The van der Waals surface area contributed by atoms with Gasteiger partial charge in [-0.1, -0.05) is 78.3 Å². The average Bonchev–Trinajstić information content (AvgIpc) is 3.08. The van der Waals surface area contributed by atoms with Crippen molar-refractivity contribution in [3.8, 4) is 35.2 Å². The second-order valence-corrected chi connectivity index (χ2v) is 11.4. The highest BCUT2D eigenvalue weighted by Gasteiger charge is 2.13. The largest absolute Gasteiger partial charge is 0.497 e. The summed E-state index contributed by atoms with van der Waals surface area (Å²) < 4.78 is 10.9. The van der Waals surface area contributed by atoms with E-state index in [0.29, 0.717) is 0 Å². The van der Waals surface area contributed by atoms with Crippen molar-refractivity contribution in [3.63, 3.8) is 0 Å². The van der Waals surface area contributed by atoms with E-state index in [4.69, 9.17) is 9.47 Å². The lowest BCUT2D eigenvalue weighted by Crippen LogP contribution is -1.92. The van der Waals surface area contributed by atoms with Crippen LogP contribution in [0.3, 0.4) is 0 Å². The molecule has 0 amide bonds. The third kappa shape index (κ3) is 4.99. The smallest absolute Gasteiger partial charge is 0.119 e. The van der Waals surface area contributed by atoms with Gasteiger partial charge in [0.15, 0.2) is 0 Å². The Hall–Kier alpha value is -5.35. The van der Waals surface area contributed by atoms with Gasteiger partial charge in [0, 0.05) is 32.5 Å². The highest BCUT2D eigenvalue weighted by Crippen LogP contribution is 2.35. The fraction of sp³-hybridized carbons (Fsp3) is 0.0732. The van der Waals surface area contributed by atoms with Gasteiger partial charge in [0.2, 0.25) is 0 Å². The van der Waals surface area contributed by atoms with Gasteiger partial charge < -0.3 is 9.47 Å². The molecule has 7 rings (SSSR count). The minimum Gasteiger partial charge on any atom is -0.497 e. The Bertz CT molecular complexity index is 2360. The van der Waals surface area contributed by atoms with Gasteiger partial charge in [-0.05, 0) is 105 Å². The number of benzene rings is 7. The molecule has 0 aliphatic carbocycles. The molecule has 0 radical (unpaired) electrons. The van der Waals surface area contributed by atoms with Crippen molar-refractivity contribution in [1.82, 2.24) is 0 Å². The molecule has 0 aliphatic heterocycles. The summed E-state index contributed by atoms with van der Waals surface area (Å²) in [5, 5.41) is 8.82. The lowest BCUT2D eigenvalue weighted by molar-refractivity contribution is 0.415. The van der Waals surface area contributed by atoms with Gasteiger partial charge >= 0.3 is 0 Å². The van der Waals surface area contributed by atoms with Crippen molar-refractivity contribution in [2.75, 3.05) is 20.5 Å². The van der Waals surface area contributed by atoms with Crippen LogP contribution in [0, 0.1) is 23.7 Å². The average molecular weight is 585 g/mol. The zero-order chi connectivity index (χ0) is 30.0. The third-order valence-corrected chi connectivity index (χ3v) is 8.78. The van der Waals surface area contributed by atoms with Crippen LogP contribution in [0.25, 0.3) is 43.1 Å². The lowest BCUT2D eigenvalue weighted by atomic mass is 9.91. The predicted octanol–water partition coefficient (Wildman–Crippen LogP) is 9.84. The molecule has 0 spiro atoms. The molecule has 0 atom stereocenters. The summed E-state index contributed by atoms with van der Waals surface area (Å²) in [6.45, 7) is 0. The van der Waals surface area contributed by atoms with Crippen LogP contribution < -0.4 is 9.47 Å². The molecule has 7 aromatic rings. The Morgan fingerprint density at radius 3 is 1.48 bits per heavy atom. The molecule has 0 heterocycles. The minimum atomic E-state index is 0.837. The summed E-state index contributed by atoms with van der Waals surface area (Å²) in [6, 6.07) is 39.8. The normalized spacial score (nSPS) is 10.8. The maximum Gasteiger partial charge on any atom is 0.119 e. The lowest BCUT2D eigenvalue weighted by Gasteiger charge is -2.12. The fourth-order valence-electron chi connectivity index (χ4n) is 5.81. The number of fused-ring (bicyclic) bond motifs is 4. The molecule has 7 aromatic carbocycles. The molecule has 0 unspecified atom stereocenters. The van der Waals surface area contributed by atoms with Crippen molar-refractivity contribution in [2.45, 2.75) is 4.90 Å². The first kappa shape index (κ1) is 27.5. The SMILES string of the molecule is COc1ccc2c(C#Cc3c4ccccc4c(C#Cc4cccc5cc(OC)ccc45)c4cc(SC)ccc34)cccc2c1. The molecular weight excluding hydrogens is 557 g/mol. The molecular formula is C41H28O2S. The van der Waals surface area contributed by atoms with Crippen molar-refractivity contribution in [3.05, 3.63) is 138 Å². The number of rotatable bonds is 3. The molecule has 0 N–H and O–H groups in total. The predicted molar refractivity (Wildman–Crippen MR) is 186 cm³/mol. The van der Waals surface area contributed by atoms with Gasteiger partial charge in [0.05, 0.1) is 14.2 Å². The van der Waals surface area contributed by atoms with E-state index in [1.165, 1.54) is 4.90 Å². The minimum absolute atomic E-state index is 0.837. The van der Waals surface area contributed by atoms with Crippen molar-refractivity contribution < 1.29 is 9.47 Å². The summed E-state index contributed by atoms with van der Waals surface area (Å²) in [5.41, 5.74) is 4.00. The Kier molecular flexibility index (Phi) is 7.33. The van der Waals surface area contributed by atoms with E-state index < -0.39 is 0 Å². The number of hydrogen-bond acceptors (Lipinski definition) is 3. The number of hydrogen-bond donors (Lipinski definition) is 0. The van der Waals surface area contributed by atoms with Gasteiger partial charge in [-0.15, -0.1) is 11.8 Å². The number of methoxy groups -OCH3 is 2. The molecule has 0 bridgehead atoms. The van der Waals surface area contributed by atoms with Crippen LogP contribution in [0.5, 0.6) is 11.5 Å². The second-order valence-electron chi connectivity index (χ2n) is 10.5. The van der Waals surface area contributed by atoms with Gasteiger partial charge in [-0.3, -0.25) is 0 Å². The van der Waals surface area contributed by atoms with E-state index in [1.807, 2.05) is 12.1 Å². The standard InChI is InChI=1S/C41H28O2S/c1-42-31-16-21-34-27(8-6-10-29(34)24-31)14-19-38-36-12-4-5-13-37(36)39(41-26-33(44-3)18-23-40(38)41)20-15-28-9-7-11-30-25-32(43-2)17-22-35(28)30/h4-13,16-18,21-26H,1-3H3. The molecule has 0 aromatic heterocycles. The topological polar surface area (TPSA) is 18.5 Å². The Balaban J connectivity index is 1.45. The summed E-state index contributed by atoms with van der Waals surface area (Å²) in [4.78, 5) is 1.19. The molecule has 44 heavy (non-hydrogen) atoms. The van der Waals surface area contributed by atoms with Gasteiger partial charge in [-0.2, -0.15) is 0 Å². The van der Waals surface area contributed by atoms with Crippen molar-refractivity contribution in [2.24, 2.45) is 0 Å². The van der Waals surface area contributed by atoms with E-state index >= 15 is 0 Å². The molecule has 210 valence electrons. The first-order valence-corrected chi connectivity index (χ1v) is 15.6. The van der Waals surface area contributed by atoms with Crippen LogP contribution in [-0.4, -0.2) is 20.5 Å². The van der Waals surface area contributed by atoms with Crippen LogP contribution in [0.2, 0.25) is 0 Å². The Morgan fingerprint density at radius 1 is 0.455 bits per heavy atom. The van der Waals surface area contributed by atoms with E-state index in [2.05, 4.69) is 133 Å². The molecule has 0 saturated heterocycles. The van der Waals surface area contributed by atoms with Gasteiger partial charge in [0.1, 0.15) is 11.5 Å². The van der Waals surface area contributed by atoms with Crippen molar-refractivity contribution >= 4 is 54.9 Å². The number of thioether (sulfide) groups is 1. The van der Waals surface area contributed by atoms with Crippen LogP contribution in [-0.2, 0) is 0 Å².